The first kappa shape index (κ1) is 14.6. The van der Waals surface area contributed by atoms with Crippen LogP contribution >= 0.6 is 0 Å². The van der Waals surface area contributed by atoms with Crippen molar-refractivity contribution in [3.63, 3.8) is 0 Å². The summed E-state index contributed by atoms with van der Waals surface area (Å²) in [7, 11) is -0.954. The van der Waals surface area contributed by atoms with Crippen LogP contribution in [-0.2, 0) is 17.3 Å². The smallest absolute Gasteiger partial charge is 0.119 e. The molecule has 0 radical (unpaired) electrons. The van der Waals surface area contributed by atoms with Gasteiger partial charge in [-0.2, -0.15) is 0 Å². The van der Waals surface area contributed by atoms with E-state index in [1.165, 1.54) is 0 Å². The van der Waals surface area contributed by atoms with Gasteiger partial charge < -0.3 is 10.1 Å². The highest BCUT2D eigenvalue weighted by atomic mass is 32.2. The van der Waals surface area contributed by atoms with Gasteiger partial charge in [-0.15, -0.1) is 0 Å². The van der Waals surface area contributed by atoms with Crippen molar-refractivity contribution in [1.82, 2.24) is 0 Å². The average Bonchev–Trinajstić information content (AvgIpc) is 2.46. The lowest BCUT2D eigenvalue weighted by atomic mass is 10.2. The van der Waals surface area contributed by atoms with Crippen molar-refractivity contribution in [3.05, 3.63) is 54.1 Å². The second-order valence-electron chi connectivity index (χ2n) is 4.42. The van der Waals surface area contributed by atoms with Gasteiger partial charge in [-0.1, -0.05) is 18.2 Å². The molecule has 2 rings (SSSR count). The van der Waals surface area contributed by atoms with Crippen molar-refractivity contribution < 1.29 is 8.95 Å². The maximum Gasteiger partial charge on any atom is 0.119 e. The van der Waals surface area contributed by atoms with Crippen molar-refractivity contribution in [2.75, 3.05) is 18.2 Å². The van der Waals surface area contributed by atoms with Gasteiger partial charge >= 0.3 is 0 Å². The molecule has 0 aliphatic rings. The van der Waals surface area contributed by atoms with Crippen LogP contribution in [0.2, 0.25) is 0 Å². The van der Waals surface area contributed by atoms with E-state index in [4.69, 9.17) is 4.74 Å². The Morgan fingerprint density at radius 3 is 2.70 bits per heavy atom. The average molecular weight is 289 g/mol. The summed E-state index contributed by atoms with van der Waals surface area (Å²) < 4.78 is 16.9. The van der Waals surface area contributed by atoms with Gasteiger partial charge in [0, 0.05) is 34.2 Å². The molecule has 0 spiro atoms. The molecule has 0 saturated carbocycles. The summed E-state index contributed by atoms with van der Waals surface area (Å²) in [4.78, 5) is 0.832. The maximum absolute atomic E-state index is 11.5. The van der Waals surface area contributed by atoms with E-state index in [-0.39, 0.29) is 0 Å². The normalized spacial score (nSPS) is 11.9. The summed E-state index contributed by atoms with van der Waals surface area (Å²) >= 11 is 0. The minimum Gasteiger partial charge on any atom is -0.494 e. The van der Waals surface area contributed by atoms with Gasteiger partial charge in [0.25, 0.3) is 0 Å². The van der Waals surface area contributed by atoms with Crippen LogP contribution < -0.4 is 10.1 Å². The predicted octanol–water partition coefficient (Wildman–Crippen LogP) is 3.43. The largest absolute Gasteiger partial charge is 0.494 e. The van der Waals surface area contributed by atoms with E-state index < -0.39 is 10.8 Å². The Morgan fingerprint density at radius 2 is 1.95 bits per heavy atom. The number of hydrogen-bond donors (Lipinski definition) is 1. The molecule has 4 heteroatoms. The molecular weight excluding hydrogens is 270 g/mol. The van der Waals surface area contributed by atoms with E-state index in [1.54, 1.807) is 6.26 Å². The van der Waals surface area contributed by atoms with Crippen LogP contribution in [0.25, 0.3) is 0 Å². The van der Waals surface area contributed by atoms with Crippen LogP contribution in [-0.4, -0.2) is 17.1 Å². The fourth-order valence-corrected chi connectivity index (χ4v) is 2.46. The molecule has 0 amide bonds. The van der Waals surface area contributed by atoms with Crippen LogP contribution in [0.1, 0.15) is 12.5 Å². The molecule has 1 N–H and O–H groups in total. The molecular formula is C16H19NO2S. The SMILES string of the molecule is CCOc1cccc(CNc2cccc([S@](C)=O)c2)c1. The van der Waals surface area contributed by atoms with Crippen molar-refractivity contribution in [2.45, 2.75) is 18.4 Å². The molecule has 2 aromatic carbocycles. The third-order valence-corrected chi connectivity index (χ3v) is 3.79. The minimum atomic E-state index is -0.954. The van der Waals surface area contributed by atoms with Gasteiger partial charge in [0.2, 0.25) is 0 Å². The number of anilines is 1. The molecule has 0 saturated heterocycles. The second kappa shape index (κ2) is 7.10. The zero-order chi connectivity index (χ0) is 14.4. The molecule has 0 bridgehead atoms. The first-order valence-electron chi connectivity index (χ1n) is 6.58. The van der Waals surface area contributed by atoms with Gasteiger partial charge in [0.15, 0.2) is 0 Å². The molecule has 106 valence electrons. The summed E-state index contributed by atoms with van der Waals surface area (Å²) in [6.07, 6.45) is 1.69. The highest BCUT2D eigenvalue weighted by Gasteiger charge is 2.00. The fourth-order valence-electron chi connectivity index (χ4n) is 1.90. The van der Waals surface area contributed by atoms with Crippen molar-refractivity contribution >= 4 is 16.5 Å². The molecule has 0 unspecified atom stereocenters. The quantitative estimate of drug-likeness (QED) is 0.885. The number of rotatable bonds is 6. The first-order chi connectivity index (χ1) is 9.69. The third-order valence-electron chi connectivity index (χ3n) is 2.87. The number of benzene rings is 2. The van der Waals surface area contributed by atoms with E-state index in [0.29, 0.717) is 13.2 Å². The standard InChI is InChI=1S/C16H19NO2S/c1-3-19-15-8-4-6-13(10-15)12-17-14-7-5-9-16(11-14)20(2)18/h4-11,17H,3,12H2,1-2H3/t20-/m0/s1. The second-order valence-corrected chi connectivity index (χ2v) is 5.80. The lowest BCUT2D eigenvalue weighted by molar-refractivity contribution is 0.340. The summed E-state index contributed by atoms with van der Waals surface area (Å²) in [6.45, 7) is 3.35. The molecule has 0 heterocycles. The van der Waals surface area contributed by atoms with Crippen LogP contribution in [0.5, 0.6) is 5.75 Å². The zero-order valence-corrected chi connectivity index (χ0v) is 12.6. The van der Waals surface area contributed by atoms with Gasteiger partial charge in [0.05, 0.1) is 6.61 Å². The minimum absolute atomic E-state index is 0.668. The molecule has 3 nitrogen and oxygen atoms in total. The van der Waals surface area contributed by atoms with Crippen LogP contribution in [0, 0.1) is 0 Å². The molecule has 0 aromatic heterocycles. The van der Waals surface area contributed by atoms with Gasteiger partial charge in [0.1, 0.15) is 5.75 Å². The van der Waals surface area contributed by atoms with Crippen molar-refractivity contribution in [1.29, 1.82) is 0 Å². The number of hydrogen-bond acceptors (Lipinski definition) is 3. The van der Waals surface area contributed by atoms with E-state index in [1.807, 2.05) is 49.4 Å². The molecule has 20 heavy (non-hydrogen) atoms. The summed E-state index contributed by atoms with van der Waals surface area (Å²) in [5, 5.41) is 3.34. The Morgan fingerprint density at radius 1 is 1.15 bits per heavy atom. The Bertz CT molecular complexity index is 599. The number of nitrogens with one attached hydrogen (secondary N) is 1. The fraction of sp³-hybridized carbons (Fsp3) is 0.250. The lowest BCUT2D eigenvalue weighted by Gasteiger charge is -2.09. The van der Waals surface area contributed by atoms with E-state index in [0.717, 1.165) is 21.9 Å². The van der Waals surface area contributed by atoms with Crippen molar-refractivity contribution in [3.8, 4) is 5.75 Å². The molecule has 0 aliphatic carbocycles. The Balaban J connectivity index is 2.03. The maximum atomic E-state index is 11.5. The molecule has 0 fully saturated rings. The van der Waals surface area contributed by atoms with Crippen LogP contribution in [0.3, 0.4) is 0 Å². The molecule has 1 atom stereocenters. The lowest BCUT2D eigenvalue weighted by Crippen LogP contribution is -2.01. The van der Waals surface area contributed by atoms with Crippen molar-refractivity contribution in [2.24, 2.45) is 0 Å². The molecule has 0 aliphatic heterocycles. The first-order valence-corrected chi connectivity index (χ1v) is 8.14. The van der Waals surface area contributed by atoms with Gasteiger partial charge in [-0.05, 0) is 42.8 Å². The summed E-state index contributed by atoms with van der Waals surface area (Å²) in [5.74, 6) is 0.884. The highest BCUT2D eigenvalue weighted by molar-refractivity contribution is 7.84. The van der Waals surface area contributed by atoms with E-state index >= 15 is 0 Å². The van der Waals surface area contributed by atoms with Crippen LogP contribution in [0.4, 0.5) is 5.69 Å². The van der Waals surface area contributed by atoms with Crippen LogP contribution in [0.15, 0.2) is 53.4 Å². The zero-order valence-electron chi connectivity index (χ0n) is 11.8. The van der Waals surface area contributed by atoms with Gasteiger partial charge in [-0.3, -0.25) is 4.21 Å². The number of ether oxygens (including phenoxy) is 1. The van der Waals surface area contributed by atoms with E-state index in [2.05, 4.69) is 11.4 Å². The van der Waals surface area contributed by atoms with E-state index in [9.17, 15) is 4.21 Å². The monoisotopic (exact) mass is 289 g/mol. The Hall–Kier alpha value is -1.81. The van der Waals surface area contributed by atoms with Gasteiger partial charge in [-0.25, -0.2) is 0 Å². The molecule has 2 aromatic rings. The highest BCUT2D eigenvalue weighted by Crippen LogP contribution is 2.17. The topological polar surface area (TPSA) is 38.3 Å². The Kier molecular flexibility index (Phi) is 5.18. The Labute approximate surface area is 122 Å². The summed E-state index contributed by atoms with van der Waals surface area (Å²) in [5.41, 5.74) is 2.12. The third kappa shape index (κ3) is 4.10. The predicted molar refractivity (Wildman–Crippen MR) is 83.7 cm³/mol. The summed E-state index contributed by atoms with van der Waals surface area (Å²) in [6, 6.07) is 15.7.